The maximum atomic E-state index is 11.7. The van der Waals surface area contributed by atoms with E-state index in [-0.39, 0.29) is 70.2 Å². The second-order valence-electron chi connectivity index (χ2n) is 14.7. The zero-order valence-corrected chi connectivity index (χ0v) is 41.5. The van der Waals surface area contributed by atoms with E-state index < -0.39 is 11.9 Å². The third-order valence-electron chi connectivity index (χ3n) is 10.7. The molecule has 0 fully saturated rings. The Labute approximate surface area is 432 Å². The number of ether oxygens (including phenoxy) is 2. The molecule has 10 aromatic rings. The van der Waals surface area contributed by atoms with Crippen LogP contribution < -0.4 is 78.8 Å². The van der Waals surface area contributed by atoms with Crippen molar-refractivity contribution in [3.05, 3.63) is 156 Å². The minimum Gasteiger partial charge on any atom is -0.545 e. The van der Waals surface area contributed by atoms with E-state index in [9.17, 15) is 19.8 Å². The molecule has 0 aliphatic rings. The molecule has 0 unspecified atom stereocenters. The van der Waals surface area contributed by atoms with Gasteiger partial charge in [0.15, 0.2) is 11.6 Å². The summed E-state index contributed by atoms with van der Waals surface area (Å²) in [6.07, 6.45) is 0. The Morgan fingerprint density at radius 1 is 0.515 bits per heavy atom. The van der Waals surface area contributed by atoms with Crippen LogP contribution in [0.25, 0.3) is 67.1 Å². The number of nitrogens with one attached hydrogen (secondary N) is 2. The van der Waals surface area contributed by atoms with E-state index >= 15 is 0 Å². The topological polar surface area (TPSA) is 243 Å². The molecule has 4 heterocycles. The molecule has 2 N–H and O–H groups in total. The van der Waals surface area contributed by atoms with Crippen LogP contribution in [-0.4, -0.2) is 85.5 Å². The molecule has 0 aliphatic heterocycles. The predicted octanol–water partition coefficient (Wildman–Crippen LogP) is -0.604. The Morgan fingerprint density at radius 2 is 0.897 bits per heavy atom. The van der Waals surface area contributed by atoms with Crippen molar-refractivity contribution >= 4 is 34.0 Å². The number of carboxylic acid groups (broad SMARTS) is 2. The number of fused-ring (bicyclic) bond motifs is 2. The number of hydrogen-bond donors (Lipinski definition) is 2. The average Bonchev–Trinajstić information content (AvgIpc) is 4.19. The SMILES string of the molecule is CCOc1nc2cccc(C(=O)[O-])c2n1Cc1ccc(-c2ccccc2-c2nnn[nH]2)cc1.CCOc1nc2cccc(C(=O)[O-])c2n1Cc1ccc(-c2ccccc2-c2nnn[nH]2)cc1.[Na+].[Na+]. The second kappa shape index (κ2) is 22.2. The number of rotatable bonds is 14. The van der Waals surface area contributed by atoms with Crippen LogP contribution in [0.3, 0.4) is 0 Å². The molecule has 0 atom stereocenters. The number of benzene rings is 6. The molecule has 0 amide bonds. The molecule has 0 saturated carbocycles. The van der Waals surface area contributed by atoms with E-state index in [0.717, 1.165) is 44.5 Å². The van der Waals surface area contributed by atoms with Crippen LogP contribution in [0.4, 0.5) is 0 Å². The maximum Gasteiger partial charge on any atom is 1.00 e. The number of aromatic nitrogens is 12. The zero-order valence-electron chi connectivity index (χ0n) is 37.5. The van der Waals surface area contributed by atoms with Gasteiger partial charge in [-0.3, -0.25) is 9.13 Å². The number of hydrogen-bond acceptors (Lipinski definition) is 14. The summed E-state index contributed by atoms with van der Waals surface area (Å²) in [6.45, 7) is 5.33. The number of carbonyl (C=O) groups is 2. The number of para-hydroxylation sites is 2. The fourth-order valence-electron chi connectivity index (χ4n) is 7.80. The van der Waals surface area contributed by atoms with Crippen LogP contribution in [0.5, 0.6) is 12.0 Å². The molecule has 328 valence electrons. The molecule has 6 aromatic carbocycles. The number of aromatic carboxylic acids is 2. The molecule has 0 radical (unpaired) electrons. The van der Waals surface area contributed by atoms with Gasteiger partial charge in [0.25, 0.3) is 12.0 Å². The Kier molecular flexibility index (Phi) is 15.9. The number of nitrogens with zero attached hydrogens (tertiary/aromatic N) is 10. The molecule has 4 aromatic heterocycles. The van der Waals surface area contributed by atoms with Crippen molar-refractivity contribution in [2.24, 2.45) is 0 Å². The van der Waals surface area contributed by atoms with Gasteiger partial charge in [0.1, 0.15) is 0 Å². The summed E-state index contributed by atoms with van der Waals surface area (Å²) in [7, 11) is 0. The van der Waals surface area contributed by atoms with Crippen LogP contribution >= 0.6 is 0 Å². The first-order chi connectivity index (χ1) is 32.3. The summed E-state index contributed by atoms with van der Waals surface area (Å²) in [6, 6.07) is 42.3. The molecule has 18 nitrogen and oxygen atoms in total. The zero-order chi connectivity index (χ0) is 45.6. The van der Waals surface area contributed by atoms with Crippen LogP contribution in [0, 0.1) is 0 Å². The Morgan fingerprint density at radius 3 is 1.24 bits per heavy atom. The van der Waals surface area contributed by atoms with E-state index in [2.05, 4.69) is 51.2 Å². The number of carboxylic acids is 2. The Balaban J connectivity index is 0.000000196. The summed E-state index contributed by atoms with van der Waals surface area (Å²) in [5.41, 5.74) is 9.92. The van der Waals surface area contributed by atoms with Crippen LogP contribution in [-0.2, 0) is 13.1 Å². The van der Waals surface area contributed by atoms with Crippen molar-refractivity contribution in [1.82, 2.24) is 60.4 Å². The molecule has 0 aliphatic carbocycles. The number of carbonyl (C=O) groups excluding carboxylic acids is 2. The van der Waals surface area contributed by atoms with Crippen molar-refractivity contribution in [3.63, 3.8) is 0 Å². The van der Waals surface area contributed by atoms with Gasteiger partial charge in [-0.25, -0.2) is 10.2 Å². The van der Waals surface area contributed by atoms with E-state index in [1.165, 1.54) is 12.1 Å². The van der Waals surface area contributed by atoms with Gasteiger partial charge in [0.05, 0.1) is 60.3 Å². The fourth-order valence-corrected chi connectivity index (χ4v) is 7.80. The third-order valence-corrected chi connectivity index (χ3v) is 10.7. The molecule has 0 spiro atoms. The molecular formula is C48H38N12Na2O6. The van der Waals surface area contributed by atoms with Crippen LogP contribution in [0.1, 0.15) is 45.7 Å². The van der Waals surface area contributed by atoms with Gasteiger partial charge in [-0.1, -0.05) is 121 Å². The van der Waals surface area contributed by atoms with Gasteiger partial charge in [0, 0.05) is 22.3 Å². The molecule has 20 heteroatoms. The van der Waals surface area contributed by atoms with Gasteiger partial charge in [-0.2, -0.15) is 9.97 Å². The largest absolute Gasteiger partial charge is 1.00 e. The molecular weight excluding hydrogens is 887 g/mol. The smallest absolute Gasteiger partial charge is 0.545 e. The van der Waals surface area contributed by atoms with Gasteiger partial charge < -0.3 is 29.3 Å². The van der Waals surface area contributed by atoms with Crippen LogP contribution in [0.15, 0.2) is 133 Å². The molecule has 68 heavy (non-hydrogen) atoms. The van der Waals surface area contributed by atoms with Gasteiger partial charge in [-0.15, -0.1) is 10.2 Å². The average molecular weight is 925 g/mol. The summed E-state index contributed by atoms with van der Waals surface area (Å²) in [5, 5.41) is 51.8. The number of tetrazole rings is 2. The monoisotopic (exact) mass is 924 g/mol. The van der Waals surface area contributed by atoms with E-state index in [0.29, 0.717) is 72.0 Å². The minimum absolute atomic E-state index is 0. The first-order valence-corrected chi connectivity index (χ1v) is 20.8. The third kappa shape index (κ3) is 10.2. The summed E-state index contributed by atoms with van der Waals surface area (Å²) >= 11 is 0. The second-order valence-corrected chi connectivity index (χ2v) is 14.7. The standard InChI is InChI=1S/2C24H20N6O3.2Na/c2*1-2-33-24-25-20-9-5-8-19(23(31)32)21(20)30(24)14-15-10-12-16(13-11-15)17-6-3-4-7-18(17)22-26-28-29-27-22;;/h2*3-13H,2,14H2,1H3,(H,31,32)(H,26,27,28,29);;/q;;2*+1/p-2. The minimum atomic E-state index is -1.25. The molecule has 0 bridgehead atoms. The first-order valence-electron chi connectivity index (χ1n) is 20.8. The van der Waals surface area contributed by atoms with E-state index in [4.69, 9.17) is 9.47 Å². The van der Waals surface area contributed by atoms with E-state index in [1.54, 1.807) is 33.4 Å². The van der Waals surface area contributed by atoms with Gasteiger partial charge in [-0.05, 0) is 80.2 Å². The van der Waals surface area contributed by atoms with Crippen LogP contribution in [0.2, 0.25) is 0 Å². The summed E-state index contributed by atoms with van der Waals surface area (Å²) < 4.78 is 14.9. The predicted molar refractivity (Wildman–Crippen MR) is 239 cm³/mol. The summed E-state index contributed by atoms with van der Waals surface area (Å²) in [4.78, 5) is 32.4. The first kappa shape index (κ1) is 48.9. The van der Waals surface area contributed by atoms with Crippen molar-refractivity contribution in [2.45, 2.75) is 26.9 Å². The van der Waals surface area contributed by atoms with E-state index in [1.807, 2.05) is 111 Å². The number of H-pyrrole nitrogens is 2. The maximum absolute atomic E-state index is 11.7. The normalized spacial score (nSPS) is 10.7. The van der Waals surface area contributed by atoms with Gasteiger partial charge in [0.2, 0.25) is 0 Å². The number of aromatic amines is 2. The van der Waals surface area contributed by atoms with Crippen molar-refractivity contribution in [1.29, 1.82) is 0 Å². The van der Waals surface area contributed by atoms with Crippen molar-refractivity contribution < 1.29 is 88.4 Å². The van der Waals surface area contributed by atoms with Gasteiger partial charge >= 0.3 is 59.1 Å². The summed E-state index contributed by atoms with van der Waals surface area (Å²) in [5.74, 6) is -1.32. The number of imidazole rings is 2. The quantitative estimate of drug-likeness (QED) is 0.130. The fraction of sp³-hybridized carbons (Fsp3) is 0.125. The molecule has 0 saturated heterocycles. The Bertz CT molecular complexity index is 3080. The Hall–Kier alpha value is -7.06. The van der Waals surface area contributed by atoms with Crippen molar-refractivity contribution in [2.75, 3.05) is 13.2 Å². The van der Waals surface area contributed by atoms with Crippen molar-refractivity contribution in [3.8, 4) is 57.1 Å². The molecule has 10 rings (SSSR count).